The summed E-state index contributed by atoms with van der Waals surface area (Å²) in [4.78, 5) is 16.0. The Hall–Kier alpha value is -8.73. The van der Waals surface area contributed by atoms with Crippen molar-refractivity contribution in [1.29, 1.82) is 0 Å². The van der Waals surface area contributed by atoms with Crippen molar-refractivity contribution < 1.29 is 4.42 Å². The van der Waals surface area contributed by atoms with Gasteiger partial charge < -0.3 is 4.42 Å². The van der Waals surface area contributed by atoms with E-state index in [-0.39, 0.29) is 5.41 Å². The zero-order valence-electron chi connectivity index (χ0n) is 37.6. The summed E-state index contributed by atoms with van der Waals surface area (Å²) in [7, 11) is 0. The van der Waals surface area contributed by atoms with Gasteiger partial charge in [-0.05, 0) is 102 Å². The molecule has 1 aliphatic rings. The van der Waals surface area contributed by atoms with Crippen LogP contribution in [-0.2, 0) is 5.41 Å². The van der Waals surface area contributed by atoms with Crippen LogP contribution in [0.2, 0.25) is 0 Å². The van der Waals surface area contributed by atoms with Crippen molar-refractivity contribution in [2.75, 3.05) is 0 Å². The normalized spacial score (nSPS) is 12.7. The third-order valence-electron chi connectivity index (χ3n) is 13.9. The maximum atomic E-state index is 7.12. The Morgan fingerprint density at radius 3 is 1.49 bits per heavy atom. The predicted molar refractivity (Wildman–Crippen MR) is 280 cm³/mol. The Labute approximate surface area is 394 Å². The summed E-state index contributed by atoms with van der Waals surface area (Å²) in [6.07, 6.45) is 0. The molecule has 4 heteroatoms. The molecule has 0 fully saturated rings. The third-order valence-corrected chi connectivity index (χ3v) is 13.9. The van der Waals surface area contributed by atoms with Crippen molar-refractivity contribution >= 4 is 32.7 Å². The highest BCUT2D eigenvalue weighted by molar-refractivity contribution is 6.23. The van der Waals surface area contributed by atoms with E-state index in [0.29, 0.717) is 17.5 Å². The largest absolute Gasteiger partial charge is 0.455 e. The van der Waals surface area contributed by atoms with Crippen LogP contribution < -0.4 is 0 Å². The molecule has 320 valence electrons. The van der Waals surface area contributed by atoms with E-state index in [1.807, 2.05) is 6.07 Å². The van der Waals surface area contributed by atoms with Gasteiger partial charge >= 0.3 is 0 Å². The summed E-state index contributed by atoms with van der Waals surface area (Å²) >= 11 is 0. The molecule has 0 saturated carbocycles. The average molecular weight is 870 g/mol. The molecule has 0 amide bonds. The molecule has 2 aromatic heterocycles. The second-order valence-corrected chi connectivity index (χ2v) is 18.3. The van der Waals surface area contributed by atoms with Crippen LogP contribution in [0, 0.1) is 0 Å². The standard InChI is InChI=1S/C64H43N3O/c1-64(2)56-28-15-14-24-51(56)52-34-33-45(38-57(52)64)62-65-61(44-31-29-43(30-32-44)40-17-6-3-7-18-40)66-63(67-62)55-39-58-59(53-25-13-12-23-50(53)55)54-27-16-26-49(60(54)68-58)48-36-46(41-19-8-4-9-20-41)35-47(37-48)42-21-10-5-11-22-42/h3-39H,1-2H3. The average Bonchev–Trinajstić information content (AvgIpc) is 3.90. The number of furan rings is 1. The molecule has 10 aromatic carbocycles. The van der Waals surface area contributed by atoms with Gasteiger partial charge in [-0.15, -0.1) is 0 Å². The zero-order valence-corrected chi connectivity index (χ0v) is 37.6. The number of hydrogen-bond acceptors (Lipinski definition) is 4. The number of rotatable bonds is 7. The van der Waals surface area contributed by atoms with Gasteiger partial charge in [0.05, 0.1) is 0 Å². The molecule has 0 N–H and O–H groups in total. The molecule has 12 aromatic rings. The Morgan fingerprint density at radius 2 is 0.794 bits per heavy atom. The smallest absolute Gasteiger partial charge is 0.164 e. The van der Waals surface area contributed by atoms with E-state index in [4.69, 9.17) is 19.4 Å². The van der Waals surface area contributed by atoms with Crippen molar-refractivity contribution in [2.24, 2.45) is 0 Å². The van der Waals surface area contributed by atoms with Gasteiger partial charge in [-0.2, -0.15) is 0 Å². The fourth-order valence-electron chi connectivity index (χ4n) is 10.5. The molecule has 0 radical (unpaired) electrons. The van der Waals surface area contributed by atoms with Gasteiger partial charge in [-0.25, -0.2) is 15.0 Å². The first kappa shape index (κ1) is 39.6. The minimum absolute atomic E-state index is 0.179. The molecule has 0 saturated heterocycles. The first-order chi connectivity index (χ1) is 33.4. The van der Waals surface area contributed by atoms with Crippen molar-refractivity contribution in [3.8, 4) is 89.8 Å². The first-order valence-corrected chi connectivity index (χ1v) is 23.2. The molecule has 0 aliphatic heterocycles. The first-order valence-electron chi connectivity index (χ1n) is 23.2. The fraction of sp³-hybridized carbons (Fsp3) is 0.0469. The van der Waals surface area contributed by atoms with Crippen molar-refractivity contribution in [2.45, 2.75) is 19.3 Å². The lowest BCUT2D eigenvalue weighted by atomic mass is 9.82. The molecule has 0 atom stereocenters. The van der Waals surface area contributed by atoms with Crippen LogP contribution in [0.15, 0.2) is 229 Å². The quantitative estimate of drug-likeness (QED) is 0.160. The van der Waals surface area contributed by atoms with E-state index in [2.05, 4.69) is 232 Å². The summed E-state index contributed by atoms with van der Waals surface area (Å²) in [6, 6.07) is 79.7. The molecular weight excluding hydrogens is 827 g/mol. The number of fused-ring (bicyclic) bond motifs is 8. The van der Waals surface area contributed by atoms with Crippen LogP contribution >= 0.6 is 0 Å². The predicted octanol–water partition coefficient (Wildman–Crippen LogP) is 16.9. The minimum atomic E-state index is -0.179. The van der Waals surface area contributed by atoms with E-state index in [0.717, 1.165) is 93.9 Å². The van der Waals surface area contributed by atoms with Crippen LogP contribution in [0.3, 0.4) is 0 Å². The molecule has 13 rings (SSSR count). The van der Waals surface area contributed by atoms with E-state index >= 15 is 0 Å². The van der Waals surface area contributed by atoms with Crippen molar-refractivity contribution in [3.63, 3.8) is 0 Å². The van der Waals surface area contributed by atoms with E-state index in [1.54, 1.807) is 0 Å². The van der Waals surface area contributed by atoms with Gasteiger partial charge in [0.15, 0.2) is 17.5 Å². The van der Waals surface area contributed by atoms with Gasteiger partial charge in [0.25, 0.3) is 0 Å². The third kappa shape index (κ3) is 6.56. The molecular formula is C64H43N3O. The molecule has 0 bridgehead atoms. The van der Waals surface area contributed by atoms with Gasteiger partial charge in [-0.1, -0.05) is 208 Å². The molecule has 2 heterocycles. The second kappa shape index (κ2) is 15.7. The highest BCUT2D eigenvalue weighted by Crippen LogP contribution is 2.50. The molecule has 4 nitrogen and oxygen atoms in total. The molecule has 0 unspecified atom stereocenters. The van der Waals surface area contributed by atoms with E-state index < -0.39 is 0 Å². The Morgan fingerprint density at radius 1 is 0.309 bits per heavy atom. The highest BCUT2D eigenvalue weighted by atomic mass is 16.3. The summed E-state index contributed by atoms with van der Waals surface area (Å²) in [5.41, 5.74) is 18.3. The monoisotopic (exact) mass is 869 g/mol. The summed E-state index contributed by atoms with van der Waals surface area (Å²) in [6.45, 7) is 4.62. The Bertz CT molecular complexity index is 3850. The molecule has 1 aliphatic carbocycles. The summed E-state index contributed by atoms with van der Waals surface area (Å²) in [5.74, 6) is 1.81. The van der Waals surface area contributed by atoms with Gasteiger partial charge in [0.1, 0.15) is 11.2 Å². The molecule has 0 spiro atoms. The van der Waals surface area contributed by atoms with Crippen LogP contribution in [0.4, 0.5) is 0 Å². The maximum absolute atomic E-state index is 7.12. The van der Waals surface area contributed by atoms with Gasteiger partial charge in [0.2, 0.25) is 0 Å². The Kier molecular flexibility index (Phi) is 9.16. The van der Waals surface area contributed by atoms with Crippen LogP contribution in [-0.4, -0.2) is 15.0 Å². The minimum Gasteiger partial charge on any atom is -0.455 e. The molecule has 68 heavy (non-hydrogen) atoms. The van der Waals surface area contributed by atoms with Crippen LogP contribution in [0.5, 0.6) is 0 Å². The lowest BCUT2D eigenvalue weighted by Crippen LogP contribution is -2.15. The summed E-state index contributed by atoms with van der Waals surface area (Å²) in [5, 5.41) is 4.24. The lowest BCUT2D eigenvalue weighted by Gasteiger charge is -2.21. The van der Waals surface area contributed by atoms with Gasteiger partial charge in [0, 0.05) is 38.4 Å². The van der Waals surface area contributed by atoms with Crippen LogP contribution in [0.25, 0.3) is 123 Å². The van der Waals surface area contributed by atoms with Crippen molar-refractivity contribution in [3.05, 3.63) is 236 Å². The van der Waals surface area contributed by atoms with E-state index in [1.165, 1.54) is 22.3 Å². The van der Waals surface area contributed by atoms with Crippen LogP contribution in [0.1, 0.15) is 25.0 Å². The highest BCUT2D eigenvalue weighted by Gasteiger charge is 2.35. The number of hydrogen-bond donors (Lipinski definition) is 0. The topological polar surface area (TPSA) is 51.8 Å². The lowest BCUT2D eigenvalue weighted by molar-refractivity contribution is 0.660. The number of benzene rings is 10. The SMILES string of the molecule is CC1(C)c2ccccc2-c2ccc(-c3nc(-c4ccc(-c5ccccc5)cc4)nc(-c4cc5oc6c(-c7cc(-c8ccccc8)cc(-c8ccccc8)c7)cccc6c5c5ccccc45)n3)cc21. The van der Waals surface area contributed by atoms with E-state index in [9.17, 15) is 0 Å². The summed E-state index contributed by atoms with van der Waals surface area (Å²) < 4.78 is 7.12. The number of aromatic nitrogens is 3. The van der Waals surface area contributed by atoms with Crippen molar-refractivity contribution in [1.82, 2.24) is 15.0 Å². The maximum Gasteiger partial charge on any atom is 0.164 e. The Balaban J connectivity index is 1.01. The second-order valence-electron chi connectivity index (χ2n) is 18.3. The zero-order chi connectivity index (χ0) is 45.3. The van der Waals surface area contributed by atoms with Gasteiger partial charge in [-0.3, -0.25) is 0 Å². The fourth-order valence-corrected chi connectivity index (χ4v) is 10.5. The number of para-hydroxylation sites is 1. The number of nitrogens with zero attached hydrogens (tertiary/aromatic N) is 3.